The molecule has 6 heteroatoms. The summed E-state index contributed by atoms with van der Waals surface area (Å²) in [6.07, 6.45) is -0.931. The number of carbonyl (C=O) groups excluding carboxylic acids is 2. The molecule has 6 nitrogen and oxygen atoms in total. The Hall–Kier alpha value is -3.15. The summed E-state index contributed by atoms with van der Waals surface area (Å²) in [5.41, 5.74) is 2.80. The largest absolute Gasteiger partial charge is 0.481 e. The van der Waals surface area contributed by atoms with E-state index in [1.165, 1.54) is 13.8 Å². The number of aliphatic carboxylic acids is 1. The van der Waals surface area contributed by atoms with Crippen molar-refractivity contribution in [3.05, 3.63) is 64.7 Å². The molecule has 0 aromatic heterocycles. The number of carboxylic acids is 1. The number of benzene rings is 2. The maximum atomic E-state index is 12.5. The third-order valence-electron chi connectivity index (χ3n) is 4.03. The van der Waals surface area contributed by atoms with E-state index in [4.69, 9.17) is 4.74 Å². The van der Waals surface area contributed by atoms with Crippen LogP contribution in [0.3, 0.4) is 0 Å². The smallest absolute Gasteiger partial charge is 0.330 e. The van der Waals surface area contributed by atoms with Gasteiger partial charge in [0.1, 0.15) is 5.75 Å². The first kappa shape index (κ1) is 20.2. The molecule has 2 aromatic rings. The highest BCUT2D eigenvalue weighted by Gasteiger charge is 2.26. The summed E-state index contributed by atoms with van der Waals surface area (Å²) in [4.78, 5) is 35.6. The number of Topliss-reactive ketones (excluding diaryl/α,β-unsaturated/α-hetero) is 1. The molecule has 2 N–H and O–H groups in total. The van der Waals surface area contributed by atoms with E-state index in [1.807, 2.05) is 19.9 Å². The van der Waals surface area contributed by atoms with Gasteiger partial charge < -0.3 is 15.2 Å². The van der Waals surface area contributed by atoms with Gasteiger partial charge in [-0.3, -0.25) is 9.59 Å². The molecular formula is C21H23NO5. The van der Waals surface area contributed by atoms with Crippen molar-refractivity contribution in [2.45, 2.75) is 39.8 Å². The standard InChI is InChI=1S/C21H23NO5/c1-12-8-13(2)10-17(9-12)19(21(25)26)22-20(24)15(4)27-18-7-5-6-16(11-18)14(3)23/h5-11,15,19H,1-4H3,(H,22,24)(H,25,26). The maximum Gasteiger partial charge on any atom is 0.330 e. The summed E-state index contributed by atoms with van der Waals surface area (Å²) in [6, 6.07) is 10.7. The molecule has 0 fully saturated rings. The van der Waals surface area contributed by atoms with Crippen molar-refractivity contribution < 1.29 is 24.2 Å². The van der Waals surface area contributed by atoms with Gasteiger partial charge in [0.15, 0.2) is 17.9 Å². The molecule has 0 aliphatic heterocycles. The van der Waals surface area contributed by atoms with Gasteiger partial charge in [-0.25, -0.2) is 4.79 Å². The number of ether oxygens (including phenoxy) is 1. The predicted octanol–water partition coefficient (Wildman–Crippen LogP) is 3.22. The van der Waals surface area contributed by atoms with Gasteiger partial charge in [0.2, 0.25) is 0 Å². The Bertz CT molecular complexity index is 854. The van der Waals surface area contributed by atoms with Gasteiger partial charge in [0, 0.05) is 5.56 Å². The minimum absolute atomic E-state index is 0.113. The molecule has 2 unspecified atom stereocenters. The minimum Gasteiger partial charge on any atom is -0.481 e. The Morgan fingerprint density at radius 1 is 1.04 bits per heavy atom. The number of carbonyl (C=O) groups is 3. The van der Waals surface area contributed by atoms with Crippen LogP contribution in [-0.2, 0) is 9.59 Å². The molecule has 27 heavy (non-hydrogen) atoms. The highest BCUT2D eigenvalue weighted by molar-refractivity contribution is 5.94. The number of hydrogen-bond acceptors (Lipinski definition) is 4. The third-order valence-corrected chi connectivity index (χ3v) is 4.03. The van der Waals surface area contributed by atoms with Crippen molar-refractivity contribution in [2.75, 3.05) is 0 Å². The summed E-state index contributed by atoms with van der Waals surface area (Å²) >= 11 is 0. The van der Waals surface area contributed by atoms with Crippen LogP contribution < -0.4 is 10.1 Å². The van der Waals surface area contributed by atoms with Crippen molar-refractivity contribution in [3.63, 3.8) is 0 Å². The fourth-order valence-electron chi connectivity index (χ4n) is 2.77. The van der Waals surface area contributed by atoms with Crippen LogP contribution in [0.4, 0.5) is 0 Å². The van der Waals surface area contributed by atoms with Gasteiger partial charge in [0.25, 0.3) is 5.91 Å². The van der Waals surface area contributed by atoms with Crippen LogP contribution in [0.1, 0.15) is 46.9 Å². The predicted molar refractivity (Wildman–Crippen MR) is 101 cm³/mol. The molecule has 2 aromatic carbocycles. The van der Waals surface area contributed by atoms with Crippen LogP contribution in [0.2, 0.25) is 0 Å². The maximum absolute atomic E-state index is 12.5. The molecule has 2 atom stereocenters. The van der Waals surface area contributed by atoms with E-state index in [9.17, 15) is 19.5 Å². The van der Waals surface area contributed by atoms with Crippen LogP contribution in [0.25, 0.3) is 0 Å². The summed E-state index contributed by atoms with van der Waals surface area (Å²) in [5, 5.41) is 12.0. The normalized spacial score (nSPS) is 12.7. The number of ketones is 1. The Labute approximate surface area is 158 Å². The molecule has 0 saturated carbocycles. The fourth-order valence-corrected chi connectivity index (χ4v) is 2.77. The van der Waals surface area contributed by atoms with Crippen molar-refractivity contribution in [3.8, 4) is 5.75 Å². The molecule has 0 spiro atoms. The number of aryl methyl sites for hydroxylation is 2. The number of nitrogens with one attached hydrogen (secondary N) is 1. The summed E-state index contributed by atoms with van der Waals surface area (Å²) in [7, 11) is 0. The number of carboxylic acid groups (broad SMARTS) is 1. The van der Waals surface area contributed by atoms with E-state index in [1.54, 1.807) is 36.4 Å². The number of hydrogen-bond donors (Lipinski definition) is 2. The van der Waals surface area contributed by atoms with Crippen molar-refractivity contribution in [2.24, 2.45) is 0 Å². The van der Waals surface area contributed by atoms with Gasteiger partial charge in [-0.05, 0) is 45.4 Å². The molecule has 0 saturated heterocycles. The van der Waals surface area contributed by atoms with Crippen LogP contribution in [0, 0.1) is 13.8 Å². The zero-order valence-electron chi connectivity index (χ0n) is 15.8. The minimum atomic E-state index is -1.18. The molecule has 1 amide bonds. The number of amides is 1. The third kappa shape index (κ3) is 5.41. The second kappa shape index (κ2) is 8.49. The lowest BCUT2D eigenvalue weighted by atomic mass is 10.0. The van der Waals surface area contributed by atoms with Crippen molar-refractivity contribution in [1.82, 2.24) is 5.32 Å². The quantitative estimate of drug-likeness (QED) is 0.731. The van der Waals surface area contributed by atoms with Gasteiger partial charge in [-0.2, -0.15) is 0 Å². The van der Waals surface area contributed by atoms with E-state index in [0.29, 0.717) is 16.9 Å². The Morgan fingerprint density at radius 2 is 1.67 bits per heavy atom. The lowest BCUT2D eigenvalue weighted by molar-refractivity contribution is -0.143. The fraction of sp³-hybridized carbons (Fsp3) is 0.286. The van der Waals surface area contributed by atoms with Gasteiger partial charge in [-0.1, -0.05) is 41.5 Å². The van der Waals surface area contributed by atoms with E-state index in [0.717, 1.165) is 11.1 Å². The lowest BCUT2D eigenvalue weighted by Gasteiger charge is -2.20. The first-order chi connectivity index (χ1) is 12.7. The second-order valence-electron chi connectivity index (χ2n) is 6.54. The molecule has 142 valence electrons. The van der Waals surface area contributed by atoms with Gasteiger partial charge in [-0.15, -0.1) is 0 Å². The van der Waals surface area contributed by atoms with Crippen LogP contribution in [0.15, 0.2) is 42.5 Å². The van der Waals surface area contributed by atoms with Gasteiger partial charge >= 0.3 is 5.97 Å². The zero-order valence-corrected chi connectivity index (χ0v) is 15.8. The highest BCUT2D eigenvalue weighted by Crippen LogP contribution is 2.19. The second-order valence-corrected chi connectivity index (χ2v) is 6.54. The SMILES string of the molecule is CC(=O)c1cccc(OC(C)C(=O)NC(C(=O)O)c2cc(C)cc(C)c2)c1. The topological polar surface area (TPSA) is 92.7 Å². The van der Waals surface area contributed by atoms with E-state index in [-0.39, 0.29) is 5.78 Å². The van der Waals surface area contributed by atoms with E-state index in [2.05, 4.69) is 5.32 Å². The van der Waals surface area contributed by atoms with Crippen molar-refractivity contribution in [1.29, 1.82) is 0 Å². The molecular weight excluding hydrogens is 346 g/mol. The monoisotopic (exact) mass is 369 g/mol. The van der Waals surface area contributed by atoms with Gasteiger partial charge in [0.05, 0.1) is 0 Å². The highest BCUT2D eigenvalue weighted by atomic mass is 16.5. The molecule has 0 bridgehead atoms. The molecule has 0 radical (unpaired) electrons. The van der Waals surface area contributed by atoms with E-state index < -0.39 is 24.0 Å². The average Bonchev–Trinajstić information content (AvgIpc) is 2.58. The lowest BCUT2D eigenvalue weighted by Crippen LogP contribution is -2.41. The van der Waals surface area contributed by atoms with Crippen LogP contribution in [0.5, 0.6) is 5.75 Å². The molecule has 0 heterocycles. The summed E-state index contributed by atoms with van der Waals surface area (Å²) in [5.74, 6) is -1.46. The Balaban J connectivity index is 2.14. The molecule has 2 rings (SSSR count). The Kier molecular flexibility index (Phi) is 6.34. The van der Waals surface area contributed by atoms with Crippen LogP contribution >= 0.6 is 0 Å². The first-order valence-corrected chi connectivity index (χ1v) is 8.56. The Morgan fingerprint density at radius 3 is 2.22 bits per heavy atom. The average molecular weight is 369 g/mol. The number of rotatable bonds is 7. The summed E-state index contributed by atoms with van der Waals surface area (Å²) in [6.45, 7) is 6.70. The zero-order chi connectivity index (χ0) is 20.1. The molecule has 0 aliphatic carbocycles. The van der Waals surface area contributed by atoms with E-state index >= 15 is 0 Å². The summed E-state index contributed by atoms with van der Waals surface area (Å²) < 4.78 is 5.57. The van der Waals surface area contributed by atoms with Crippen molar-refractivity contribution >= 4 is 17.7 Å². The molecule has 0 aliphatic rings. The first-order valence-electron chi connectivity index (χ1n) is 8.56. The van der Waals surface area contributed by atoms with Crippen LogP contribution in [-0.4, -0.2) is 28.9 Å².